The Bertz CT molecular complexity index is 958. The maximum Gasteiger partial charge on any atom is 0.347 e. The number of Topliss-reactive ketones (excluding diaryl/α,β-unsaturated/α-hetero) is 1. The van der Waals surface area contributed by atoms with Crippen molar-refractivity contribution in [3.63, 3.8) is 0 Å². The van der Waals surface area contributed by atoms with Crippen LogP contribution in [0, 0.1) is 0 Å². The van der Waals surface area contributed by atoms with Gasteiger partial charge in [0.25, 0.3) is 0 Å². The van der Waals surface area contributed by atoms with Crippen molar-refractivity contribution in [3.8, 4) is 11.5 Å². The van der Waals surface area contributed by atoms with Crippen molar-refractivity contribution in [1.82, 2.24) is 0 Å². The second kappa shape index (κ2) is 4.58. The Morgan fingerprint density at radius 2 is 2.12 bits per heavy atom. The first-order valence-electron chi connectivity index (χ1n) is 7.82. The fourth-order valence-corrected chi connectivity index (χ4v) is 4.04. The van der Waals surface area contributed by atoms with Gasteiger partial charge < -0.3 is 23.7 Å². The van der Waals surface area contributed by atoms with E-state index >= 15 is 0 Å². The molecule has 1 N–H and O–H groups in total. The fraction of sp³-hybridized carbons (Fsp3) is 0.412. The summed E-state index contributed by atoms with van der Waals surface area (Å²) in [7, 11) is 1.52. The van der Waals surface area contributed by atoms with Crippen LogP contribution in [0.2, 0.25) is 0 Å². The van der Waals surface area contributed by atoms with E-state index in [0.717, 1.165) is 0 Å². The number of hydrogen-bond donors (Lipinski definition) is 1. The van der Waals surface area contributed by atoms with Crippen LogP contribution in [0.3, 0.4) is 0 Å². The summed E-state index contributed by atoms with van der Waals surface area (Å²) in [6, 6.07) is 1.73. The van der Waals surface area contributed by atoms with Crippen LogP contribution in [0.25, 0.3) is 11.0 Å². The third-order valence-electron chi connectivity index (χ3n) is 5.04. The summed E-state index contributed by atoms with van der Waals surface area (Å²) in [6.07, 6.45) is -0.374. The van der Waals surface area contributed by atoms with Gasteiger partial charge in [-0.15, -0.1) is 0 Å². The Morgan fingerprint density at radius 1 is 1.29 bits per heavy atom. The normalized spacial score (nSPS) is 27.1. The molecular weight excluding hydrogens is 316 g/mol. The smallest absolute Gasteiger partial charge is 0.347 e. The molecule has 1 fully saturated rings. The molecule has 1 aromatic carbocycles. The van der Waals surface area contributed by atoms with Gasteiger partial charge in [0.05, 0.1) is 18.4 Å². The maximum atomic E-state index is 12.3. The van der Waals surface area contributed by atoms with Gasteiger partial charge in [0.2, 0.25) is 6.29 Å². The molecule has 1 saturated heterocycles. The Hall–Kier alpha value is -2.38. The van der Waals surface area contributed by atoms with Crippen molar-refractivity contribution in [3.05, 3.63) is 33.2 Å². The fourth-order valence-electron chi connectivity index (χ4n) is 4.04. The van der Waals surface area contributed by atoms with Gasteiger partial charge in [-0.2, -0.15) is 0 Å². The minimum atomic E-state index is -0.909. The molecule has 7 heteroatoms. The lowest BCUT2D eigenvalue weighted by Crippen LogP contribution is -2.16. The molecule has 2 aromatic rings. The lowest BCUT2D eigenvalue weighted by Gasteiger charge is -2.13. The van der Waals surface area contributed by atoms with Crippen molar-refractivity contribution in [1.29, 1.82) is 0 Å². The molecule has 3 atom stereocenters. The van der Waals surface area contributed by atoms with E-state index in [1.807, 2.05) is 0 Å². The number of methoxy groups -OCH3 is 1. The second-order valence-electron chi connectivity index (χ2n) is 6.28. The molecule has 2 aliphatic heterocycles. The number of rotatable bonds is 1. The number of benzene rings is 1. The summed E-state index contributed by atoms with van der Waals surface area (Å²) in [5.74, 6) is 0.603. The zero-order chi connectivity index (χ0) is 16.6. The zero-order valence-corrected chi connectivity index (χ0v) is 12.8. The highest BCUT2D eigenvalue weighted by molar-refractivity contribution is 6.06. The molecule has 1 aliphatic carbocycles. The van der Waals surface area contributed by atoms with Gasteiger partial charge >= 0.3 is 5.63 Å². The predicted octanol–water partition coefficient (Wildman–Crippen LogP) is 1.47. The number of aliphatic hydroxyl groups is 1. The molecule has 0 bridgehead atoms. The van der Waals surface area contributed by atoms with Crippen molar-refractivity contribution in [2.24, 2.45) is 0 Å². The topological polar surface area (TPSA) is 95.2 Å². The van der Waals surface area contributed by atoms with E-state index in [4.69, 9.17) is 18.6 Å². The quantitative estimate of drug-likeness (QED) is 0.791. The maximum absolute atomic E-state index is 12.3. The first kappa shape index (κ1) is 14.0. The minimum Gasteiger partial charge on any atom is -0.496 e. The van der Waals surface area contributed by atoms with Crippen molar-refractivity contribution < 1.29 is 28.5 Å². The number of aliphatic hydroxyl groups excluding tert-OH is 1. The first-order chi connectivity index (χ1) is 11.6. The van der Waals surface area contributed by atoms with Gasteiger partial charge in [-0.1, -0.05) is 0 Å². The Kier molecular flexibility index (Phi) is 2.67. The van der Waals surface area contributed by atoms with Crippen molar-refractivity contribution in [2.45, 2.75) is 37.8 Å². The number of ether oxygens (including phenoxy) is 3. The first-order valence-corrected chi connectivity index (χ1v) is 7.82. The average molecular weight is 330 g/mol. The molecule has 3 aliphatic rings. The van der Waals surface area contributed by atoms with Gasteiger partial charge in [-0.05, 0) is 12.0 Å². The van der Waals surface area contributed by atoms with Crippen molar-refractivity contribution in [2.75, 3.05) is 7.11 Å². The highest BCUT2D eigenvalue weighted by Gasteiger charge is 2.46. The van der Waals surface area contributed by atoms with E-state index in [1.165, 1.54) is 7.11 Å². The highest BCUT2D eigenvalue weighted by atomic mass is 16.7. The minimum absolute atomic E-state index is 0.124. The molecule has 0 radical (unpaired) electrons. The number of fused-ring (bicyclic) bond motifs is 7. The second-order valence-corrected chi connectivity index (χ2v) is 6.28. The van der Waals surface area contributed by atoms with Gasteiger partial charge in [0, 0.05) is 24.5 Å². The molecule has 24 heavy (non-hydrogen) atoms. The lowest BCUT2D eigenvalue weighted by atomic mass is 9.93. The molecule has 0 saturated carbocycles. The molecule has 0 amide bonds. The van der Waals surface area contributed by atoms with Crippen LogP contribution >= 0.6 is 0 Å². The van der Waals surface area contributed by atoms with Crippen LogP contribution in [0.5, 0.6) is 11.5 Å². The molecular formula is C17H14O7. The standard InChI is InChI=1S/C17H14O7/c1-21-9-5-10-14(7-4-11(19)23-17(7)22-10)15-13(9)6-2-3-8(18)12(6)16(20)24-15/h5,7,11,17,19H,2-4H2,1H3/t7-,11-,17-/m1/s1. The van der Waals surface area contributed by atoms with E-state index < -0.39 is 18.2 Å². The Balaban J connectivity index is 1.88. The summed E-state index contributed by atoms with van der Waals surface area (Å²) in [4.78, 5) is 24.4. The number of carbonyl (C=O) groups is 1. The summed E-state index contributed by atoms with van der Waals surface area (Å²) in [5, 5.41) is 10.4. The van der Waals surface area contributed by atoms with Crippen LogP contribution in [-0.2, 0) is 11.2 Å². The van der Waals surface area contributed by atoms with Crippen LogP contribution < -0.4 is 15.1 Å². The third kappa shape index (κ3) is 1.63. The molecule has 3 heterocycles. The summed E-state index contributed by atoms with van der Waals surface area (Å²) < 4.78 is 22.1. The van der Waals surface area contributed by atoms with E-state index in [0.29, 0.717) is 52.9 Å². The summed E-state index contributed by atoms with van der Waals surface area (Å²) in [5.41, 5.74) is 1.24. The molecule has 7 nitrogen and oxygen atoms in total. The number of aryl methyl sites for hydroxylation is 1. The molecule has 0 spiro atoms. The SMILES string of the molecule is COc1cc2c(c3oc(=O)c4c(c13)CCC4=O)[C@H]1C[C@H](O)O[C@H]1O2. The lowest BCUT2D eigenvalue weighted by molar-refractivity contribution is -0.147. The van der Waals surface area contributed by atoms with Crippen LogP contribution in [0.15, 0.2) is 15.3 Å². The molecule has 1 aromatic heterocycles. The monoisotopic (exact) mass is 330 g/mol. The number of hydrogen-bond acceptors (Lipinski definition) is 7. The van der Waals surface area contributed by atoms with Crippen LogP contribution in [-0.4, -0.2) is 30.6 Å². The van der Waals surface area contributed by atoms with E-state index in [-0.39, 0.29) is 17.3 Å². The largest absolute Gasteiger partial charge is 0.496 e. The van der Waals surface area contributed by atoms with Crippen LogP contribution in [0.4, 0.5) is 0 Å². The molecule has 0 unspecified atom stereocenters. The third-order valence-corrected chi connectivity index (χ3v) is 5.04. The van der Waals surface area contributed by atoms with E-state index in [1.54, 1.807) is 6.07 Å². The Morgan fingerprint density at radius 3 is 2.92 bits per heavy atom. The predicted molar refractivity (Wildman–Crippen MR) is 80.6 cm³/mol. The molecule has 124 valence electrons. The average Bonchev–Trinajstić information content (AvgIpc) is 3.18. The molecule has 5 rings (SSSR count). The summed E-state index contributed by atoms with van der Waals surface area (Å²) in [6.45, 7) is 0. The van der Waals surface area contributed by atoms with Gasteiger partial charge in [0.15, 0.2) is 12.1 Å². The van der Waals surface area contributed by atoms with E-state index in [9.17, 15) is 14.7 Å². The van der Waals surface area contributed by atoms with Gasteiger partial charge in [0.1, 0.15) is 22.6 Å². The zero-order valence-electron chi connectivity index (χ0n) is 12.8. The Labute approximate surface area is 135 Å². The summed E-state index contributed by atoms with van der Waals surface area (Å²) >= 11 is 0. The van der Waals surface area contributed by atoms with Crippen LogP contribution in [0.1, 0.15) is 40.2 Å². The van der Waals surface area contributed by atoms with E-state index in [2.05, 4.69) is 0 Å². The van der Waals surface area contributed by atoms with Crippen molar-refractivity contribution >= 4 is 16.8 Å². The number of carbonyl (C=O) groups excluding carboxylic acids is 1. The van der Waals surface area contributed by atoms with Gasteiger partial charge in [-0.3, -0.25) is 4.79 Å². The number of ketones is 1. The van der Waals surface area contributed by atoms with Gasteiger partial charge in [-0.25, -0.2) is 4.79 Å². The highest BCUT2D eigenvalue weighted by Crippen LogP contribution is 2.51.